The van der Waals surface area contributed by atoms with Gasteiger partial charge in [0.15, 0.2) is 0 Å². The van der Waals surface area contributed by atoms with E-state index in [0.29, 0.717) is 12.6 Å². The number of ether oxygens (including phenoxy) is 1. The van der Waals surface area contributed by atoms with Crippen LogP contribution in [0.1, 0.15) is 12.8 Å². The monoisotopic (exact) mass is 158 g/mol. The molecule has 1 rings (SSSR count). The van der Waals surface area contributed by atoms with E-state index in [-0.39, 0.29) is 6.61 Å². The molecule has 0 aromatic carbocycles. The van der Waals surface area contributed by atoms with Gasteiger partial charge in [0, 0.05) is 19.2 Å². The van der Waals surface area contributed by atoms with Crippen molar-refractivity contribution in [3.8, 4) is 0 Å². The number of hydrogen-bond donors (Lipinski definition) is 0. The van der Waals surface area contributed by atoms with Gasteiger partial charge < -0.3 is 4.74 Å². The molecule has 1 aliphatic rings. The van der Waals surface area contributed by atoms with Crippen molar-refractivity contribution in [2.24, 2.45) is 0 Å². The van der Waals surface area contributed by atoms with Crippen LogP contribution in [0.5, 0.6) is 0 Å². The summed E-state index contributed by atoms with van der Waals surface area (Å²) in [4.78, 5) is 2.10. The van der Waals surface area contributed by atoms with Gasteiger partial charge in [-0.05, 0) is 19.9 Å². The Morgan fingerprint density at radius 1 is 1.64 bits per heavy atom. The fourth-order valence-electron chi connectivity index (χ4n) is 1.40. The highest BCUT2D eigenvalue weighted by atomic mass is 16.5. The predicted octanol–water partition coefficient (Wildman–Crippen LogP) is 0.528. The van der Waals surface area contributed by atoms with Crippen molar-refractivity contribution in [2.75, 3.05) is 33.4 Å². The first-order valence-corrected chi connectivity index (χ1v) is 4.20. The third-order valence-electron chi connectivity index (χ3n) is 2.20. The maximum absolute atomic E-state index is 10.3. The second-order valence-electron chi connectivity index (χ2n) is 3.06. The van der Waals surface area contributed by atoms with Crippen molar-refractivity contribution in [1.29, 1.82) is 0 Å². The largest absolute Gasteiger partial charge is 0.380 e. The Hall–Kier alpha value is -0.120. The first-order chi connectivity index (χ1) is 5.34. The molecular weight excluding hydrogens is 142 g/mol. The van der Waals surface area contributed by atoms with Crippen LogP contribution >= 0.6 is 0 Å². The molecule has 11 heavy (non-hydrogen) atoms. The molecule has 0 aliphatic carbocycles. The van der Waals surface area contributed by atoms with Crippen LogP contribution in [-0.2, 0) is 9.84 Å². The first-order valence-electron chi connectivity index (χ1n) is 4.20. The Kier molecular flexibility index (Phi) is 3.83. The van der Waals surface area contributed by atoms with Gasteiger partial charge in [0.05, 0.1) is 13.2 Å². The van der Waals surface area contributed by atoms with Crippen molar-refractivity contribution < 1.29 is 9.84 Å². The van der Waals surface area contributed by atoms with Crippen LogP contribution in [0.15, 0.2) is 0 Å². The second kappa shape index (κ2) is 4.70. The van der Waals surface area contributed by atoms with Gasteiger partial charge >= 0.3 is 0 Å². The number of rotatable bonds is 3. The van der Waals surface area contributed by atoms with Gasteiger partial charge in [0.25, 0.3) is 0 Å². The molecule has 1 atom stereocenters. The van der Waals surface area contributed by atoms with Crippen molar-refractivity contribution in [1.82, 2.24) is 4.90 Å². The number of likely N-dealkylation sites (N-methyl/N-ethyl adjacent to an activating group) is 1. The summed E-state index contributed by atoms with van der Waals surface area (Å²) in [6.07, 6.45) is 2.31. The summed E-state index contributed by atoms with van der Waals surface area (Å²) < 4.78 is 5.31. The van der Waals surface area contributed by atoms with E-state index in [4.69, 9.17) is 4.74 Å². The molecular formula is C8H16NO2. The summed E-state index contributed by atoms with van der Waals surface area (Å²) in [7, 11) is 2.00. The lowest BCUT2D eigenvalue weighted by molar-refractivity contribution is 0.0182. The Bertz CT molecular complexity index is 102. The van der Waals surface area contributed by atoms with Crippen LogP contribution in [0.2, 0.25) is 0 Å². The maximum atomic E-state index is 10.3. The van der Waals surface area contributed by atoms with Crippen LogP contribution in [0.3, 0.4) is 0 Å². The highest BCUT2D eigenvalue weighted by Crippen LogP contribution is 2.10. The van der Waals surface area contributed by atoms with Crippen LogP contribution < -0.4 is 0 Å². The molecule has 0 saturated carbocycles. The summed E-state index contributed by atoms with van der Waals surface area (Å²) in [5.74, 6) is 0. The van der Waals surface area contributed by atoms with Gasteiger partial charge in [0.2, 0.25) is 0 Å². The number of nitrogens with zero attached hydrogens (tertiary/aromatic N) is 1. The Labute approximate surface area is 68.0 Å². The molecule has 0 N–H and O–H groups in total. The van der Waals surface area contributed by atoms with E-state index >= 15 is 0 Å². The van der Waals surface area contributed by atoms with Crippen LogP contribution in [0.25, 0.3) is 0 Å². The Morgan fingerprint density at radius 2 is 2.45 bits per heavy atom. The zero-order chi connectivity index (χ0) is 8.10. The molecule has 1 unspecified atom stereocenters. The molecule has 0 bridgehead atoms. The lowest BCUT2D eigenvalue weighted by Gasteiger charge is -2.30. The molecule has 1 radical (unpaired) electrons. The fourth-order valence-corrected chi connectivity index (χ4v) is 1.40. The lowest BCUT2D eigenvalue weighted by atomic mass is 10.1. The standard InChI is InChI=1S/C8H16NO2/c1-9(4-5-10)8-3-2-6-11-7-8/h8H,2-7H2,1H3. The van der Waals surface area contributed by atoms with Crippen LogP contribution in [0, 0.1) is 0 Å². The third kappa shape index (κ3) is 2.77. The highest BCUT2D eigenvalue weighted by molar-refractivity contribution is 4.70. The summed E-state index contributed by atoms with van der Waals surface area (Å²) in [6.45, 7) is 2.33. The summed E-state index contributed by atoms with van der Waals surface area (Å²) in [5, 5.41) is 10.3. The number of hydrogen-bond acceptors (Lipinski definition) is 2. The van der Waals surface area contributed by atoms with Gasteiger partial charge in [-0.1, -0.05) is 0 Å². The molecule has 1 heterocycles. The van der Waals surface area contributed by atoms with Gasteiger partial charge in [-0.15, -0.1) is 0 Å². The minimum Gasteiger partial charge on any atom is -0.380 e. The molecule has 1 saturated heterocycles. The predicted molar refractivity (Wildman–Crippen MR) is 42.0 cm³/mol. The molecule has 0 amide bonds. The maximum Gasteiger partial charge on any atom is 0.0949 e. The zero-order valence-electron chi connectivity index (χ0n) is 7.08. The lowest BCUT2D eigenvalue weighted by Crippen LogP contribution is -2.39. The van der Waals surface area contributed by atoms with E-state index in [2.05, 4.69) is 4.90 Å². The first kappa shape index (κ1) is 8.97. The average molecular weight is 158 g/mol. The van der Waals surface area contributed by atoms with Crippen molar-refractivity contribution in [3.63, 3.8) is 0 Å². The van der Waals surface area contributed by atoms with Gasteiger partial charge in [0.1, 0.15) is 0 Å². The second-order valence-corrected chi connectivity index (χ2v) is 3.06. The van der Waals surface area contributed by atoms with E-state index in [1.54, 1.807) is 0 Å². The molecule has 0 aromatic heterocycles. The normalized spacial score (nSPS) is 25.9. The average Bonchev–Trinajstić information content (AvgIpc) is 2.07. The van der Waals surface area contributed by atoms with E-state index in [0.717, 1.165) is 19.6 Å². The smallest absolute Gasteiger partial charge is 0.0949 e. The van der Waals surface area contributed by atoms with Crippen molar-refractivity contribution in [3.05, 3.63) is 0 Å². The van der Waals surface area contributed by atoms with E-state index in [1.807, 2.05) is 7.05 Å². The van der Waals surface area contributed by atoms with Gasteiger partial charge in [-0.3, -0.25) is 4.90 Å². The topological polar surface area (TPSA) is 32.4 Å². The Morgan fingerprint density at radius 3 is 3.00 bits per heavy atom. The zero-order valence-corrected chi connectivity index (χ0v) is 7.08. The quantitative estimate of drug-likeness (QED) is 0.600. The highest BCUT2D eigenvalue weighted by Gasteiger charge is 2.17. The SMILES string of the molecule is CN(CC[O])C1CCCOC1. The van der Waals surface area contributed by atoms with Crippen molar-refractivity contribution in [2.45, 2.75) is 18.9 Å². The summed E-state index contributed by atoms with van der Waals surface area (Å²) in [6, 6.07) is 0.484. The molecule has 0 aromatic rings. The van der Waals surface area contributed by atoms with Crippen LogP contribution in [-0.4, -0.2) is 44.4 Å². The van der Waals surface area contributed by atoms with Gasteiger partial charge in [-0.25, -0.2) is 5.11 Å². The molecule has 1 aliphatic heterocycles. The fraction of sp³-hybridized carbons (Fsp3) is 1.00. The molecule has 3 heteroatoms. The molecule has 0 spiro atoms. The van der Waals surface area contributed by atoms with E-state index < -0.39 is 0 Å². The minimum atomic E-state index is -0.00694. The molecule has 65 valence electrons. The summed E-state index contributed by atoms with van der Waals surface area (Å²) in [5.41, 5.74) is 0. The molecule has 3 nitrogen and oxygen atoms in total. The van der Waals surface area contributed by atoms with Crippen LogP contribution in [0.4, 0.5) is 0 Å². The van der Waals surface area contributed by atoms with Crippen molar-refractivity contribution >= 4 is 0 Å². The Balaban J connectivity index is 2.21. The third-order valence-corrected chi connectivity index (χ3v) is 2.20. The van der Waals surface area contributed by atoms with E-state index in [9.17, 15) is 5.11 Å². The minimum absolute atomic E-state index is 0.00694. The molecule has 1 fully saturated rings. The van der Waals surface area contributed by atoms with Gasteiger partial charge in [-0.2, -0.15) is 0 Å². The summed E-state index contributed by atoms with van der Waals surface area (Å²) >= 11 is 0. The van der Waals surface area contributed by atoms with E-state index in [1.165, 1.54) is 6.42 Å².